The lowest BCUT2D eigenvalue weighted by Gasteiger charge is -2.13. The van der Waals surface area contributed by atoms with Crippen LogP contribution >= 0.6 is 39.9 Å². The molecular formula is C19H31BrIN3O2. The number of ether oxygens (including phenoxy) is 2. The molecule has 0 spiro atoms. The van der Waals surface area contributed by atoms with E-state index in [4.69, 9.17) is 9.47 Å². The first kappa shape index (κ1) is 23.7. The number of nitrogens with one attached hydrogen (secondary N) is 2. The second-order valence-electron chi connectivity index (χ2n) is 6.35. The molecule has 1 aromatic carbocycles. The van der Waals surface area contributed by atoms with E-state index in [0.29, 0.717) is 12.5 Å². The van der Waals surface area contributed by atoms with Crippen LogP contribution < -0.4 is 10.6 Å². The fraction of sp³-hybridized carbons (Fsp3) is 0.632. The number of nitrogens with zero attached hydrogens (tertiary/aromatic N) is 1. The predicted octanol–water partition coefficient (Wildman–Crippen LogP) is 3.87. The van der Waals surface area contributed by atoms with Crippen LogP contribution in [-0.2, 0) is 16.0 Å². The molecule has 1 saturated heterocycles. The summed E-state index contributed by atoms with van der Waals surface area (Å²) in [4.78, 5) is 4.68. The molecule has 0 aliphatic carbocycles. The fourth-order valence-corrected chi connectivity index (χ4v) is 3.16. The quantitative estimate of drug-likeness (QED) is 0.216. The highest BCUT2D eigenvalue weighted by molar-refractivity contribution is 14.0. The van der Waals surface area contributed by atoms with Crippen molar-refractivity contribution in [3.05, 3.63) is 33.8 Å². The van der Waals surface area contributed by atoms with Gasteiger partial charge in [-0.2, -0.15) is 0 Å². The van der Waals surface area contributed by atoms with Gasteiger partial charge in [0.2, 0.25) is 0 Å². The molecule has 2 N–H and O–H groups in total. The highest BCUT2D eigenvalue weighted by Crippen LogP contribution is 2.16. The van der Waals surface area contributed by atoms with E-state index in [1.165, 1.54) is 11.1 Å². The zero-order valence-electron chi connectivity index (χ0n) is 15.7. The first-order valence-corrected chi connectivity index (χ1v) is 9.91. The topological polar surface area (TPSA) is 54.9 Å². The van der Waals surface area contributed by atoms with Gasteiger partial charge in [-0.3, -0.25) is 0 Å². The molecular weight excluding hydrogens is 509 g/mol. The van der Waals surface area contributed by atoms with E-state index in [2.05, 4.69) is 63.6 Å². The van der Waals surface area contributed by atoms with Crippen LogP contribution in [0.5, 0.6) is 0 Å². The maximum atomic E-state index is 5.73. The van der Waals surface area contributed by atoms with Gasteiger partial charge in [-0.05, 0) is 49.9 Å². The minimum absolute atomic E-state index is 0. The SMILES string of the molecule is CCNC(=NCc1ccc(Br)cc1C)NCCCOCC1CCOC1.I. The van der Waals surface area contributed by atoms with E-state index in [1.54, 1.807) is 0 Å². The van der Waals surface area contributed by atoms with Crippen LogP contribution in [0.4, 0.5) is 0 Å². The van der Waals surface area contributed by atoms with Crippen LogP contribution in [0.1, 0.15) is 30.9 Å². The van der Waals surface area contributed by atoms with Crippen LogP contribution in [0, 0.1) is 12.8 Å². The first-order chi connectivity index (χ1) is 12.2. The molecule has 1 unspecified atom stereocenters. The van der Waals surface area contributed by atoms with E-state index in [9.17, 15) is 0 Å². The van der Waals surface area contributed by atoms with E-state index in [-0.39, 0.29) is 24.0 Å². The van der Waals surface area contributed by atoms with E-state index >= 15 is 0 Å². The molecule has 148 valence electrons. The summed E-state index contributed by atoms with van der Waals surface area (Å²) >= 11 is 3.50. The molecule has 1 aliphatic heterocycles. The first-order valence-electron chi connectivity index (χ1n) is 9.11. The second kappa shape index (κ2) is 13.7. The molecule has 26 heavy (non-hydrogen) atoms. The van der Waals surface area contributed by atoms with Gasteiger partial charge in [-0.1, -0.05) is 22.0 Å². The van der Waals surface area contributed by atoms with Crippen molar-refractivity contribution in [3.63, 3.8) is 0 Å². The Hall–Kier alpha value is -0.380. The predicted molar refractivity (Wildman–Crippen MR) is 121 cm³/mol. The lowest BCUT2D eigenvalue weighted by atomic mass is 10.1. The minimum Gasteiger partial charge on any atom is -0.381 e. The third-order valence-electron chi connectivity index (χ3n) is 4.19. The molecule has 5 nitrogen and oxygen atoms in total. The zero-order chi connectivity index (χ0) is 17.9. The van der Waals surface area contributed by atoms with Crippen LogP contribution in [0.15, 0.2) is 27.7 Å². The van der Waals surface area contributed by atoms with Crippen molar-refractivity contribution >= 4 is 45.9 Å². The number of hydrogen-bond acceptors (Lipinski definition) is 3. The molecule has 2 rings (SSSR count). The Morgan fingerprint density at radius 2 is 2.23 bits per heavy atom. The van der Waals surface area contributed by atoms with Crippen molar-refractivity contribution in [1.29, 1.82) is 0 Å². The molecule has 1 aromatic rings. The van der Waals surface area contributed by atoms with Crippen molar-refractivity contribution in [2.45, 2.75) is 33.2 Å². The molecule has 0 aromatic heterocycles. The van der Waals surface area contributed by atoms with Gasteiger partial charge in [-0.15, -0.1) is 24.0 Å². The molecule has 1 fully saturated rings. The van der Waals surface area contributed by atoms with Gasteiger partial charge >= 0.3 is 0 Å². The van der Waals surface area contributed by atoms with Crippen LogP contribution in [0.3, 0.4) is 0 Å². The Bertz CT molecular complexity index is 552. The van der Waals surface area contributed by atoms with Crippen molar-refractivity contribution in [3.8, 4) is 0 Å². The van der Waals surface area contributed by atoms with Crippen LogP contribution in [-0.4, -0.2) is 45.5 Å². The Kier molecular flexibility index (Phi) is 12.5. The monoisotopic (exact) mass is 539 g/mol. The fourth-order valence-electron chi connectivity index (χ4n) is 2.69. The molecule has 1 heterocycles. The molecule has 0 saturated carbocycles. The number of rotatable bonds is 9. The summed E-state index contributed by atoms with van der Waals surface area (Å²) in [6.07, 6.45) is 2.10. The molecule has 7 heteroatoms. The number of halogens is 2. The maximum Gasteiger partial charge on any atom is 0.191 e. The summed E-state index contributed by atoms with van der Waals surface area (Å²) in [5.41, 5.74) is 2.49. The van der Waals surface area contributed by atoms with Gasteiger partial charge < -0.3 is 20.1 Å². The van der Waals surface area contributed by atoms with Gasteiger partial charge in [0.1, 0.15) is 0 Å². The van der Waals surface area contributed by atoms with Crippen LogP contribution in [0.2, 0.25) is 0 Å². The lowest BCUT2D eigenvalue weighted by Crippen LogP contribution is -2.38. The minimum atomic E-state index is 0. The summed E-state index contributed by atoms with van der Waals surface area (Å²) in [5, 5.41) is 6.67. The maximum absolute atomic E-state index is 5.73. The summed E-state index contributed by atoms with van der Waals surface area (Å²) in [7, 11) is 0. The number of benzene rings is 1. The highest BCUT2D eigenvalue weighted by atomic mass is 127. The van der Waals surface area contributed by atoms with Gasteiger partial charge in [0.05, 0.1) is 19.8 Å². The molecule has 1 aliphatic rings. The average Bonchev–Trinajstić information content (AvgIpc) is 3.10. The third-order valence-corrected chi connectivity index (χ3v) is 4.69. The molecule has 0 amide bonds. The van der Waals surface area contributed by atoms with Crippen molar-refractivity contribution in [2.24, 2.45) is 10.9 Å². The number of aliphatic imine (C=N–C) groups is 1. The summed E-state index contributed by atoms with van der Waals surface area (Å²) < 4.78 is 12.2. The van der Waals surface area contributed by atoms with Gasteiger partial charge in [0.15, 0.2) is 5.96 Å². The average molecular weight is 540 g/mol. The molecule has 1 atom stereocenters. The second-order valence-corrected chi connectivity index (χ2v) is 7.27. The Morgan fingerprint density at radius 1 is 1.38 bits per heavy atom. The molecule has 0 radical (unpaired) electrons. The van der Waals surface area contributed by atoms with Crippen molar-refractivity contribution in [1.82, 2.24) is 10.6 Å². The Labute approximate surface area is 182 Å². The third kappa shape index (κ3) is 9.01. The largest absolute Gasteiger partial charge is 0.381 e. The summed E-state index contributed by atoms with van der Waals surface area (Å²) in [6.45, 7) is 9.90. The van der Waals surface area contributed by atoms with E-state index in [0.717, 1.165) is 62.8 Å². The normalized spacial score (nSPS) is 17.0. The highest BCUT2D eigenvalue weighted by Gasteiger charge is 2.15. The summed E-state index contributed by atoms with van der Waals surface area (Å²) in [6, 6.07) is 6.30. The van der Waals surface area contributed by atoms with E-state index in [1.807, 2.05) is 0 Å². The summed E-state index contributed by atoms with van der Waals surface area (Å²) in [5.74, 6) is 1.44. The Morgan fingerprint density at radius 3 is 2.92 bits per heavy atom. The Balaban J connectivity index is 0.00000338. The zero-order valence-corrected chi connectivity index (χ0v) is 19.6. The number of aryl methyl sites for hydroxylation is 1. The standard InChI is InChI=1S/C19H30BrN3O2.HI/c1-3-21-19(23-12-17-5-6-18(20)11-15(17)2)22-8-4-9-24-13-16-7-10-25-14-16;/h5-6,11,16H,3-4,7-10,12-14H2,1-2H3,(H2,21,22,23);1H. The smallest absolute Gasteiger partial charge is 0.191 e. The van der Waals surface area contributed by atoms with Crippen molar-refractivity contribution < 1.29 is 9.47 Å². The van der Waals surface area contributed by atoms with Gasteiger partial charge in [-0.25, -0.2) is 4.99 Å². The van der Waals surface area contributed by atoms with Gasteiger partial charge in [0.25, 0.3) is 0 Å². The van der Waals surface area contributed by atoms with E-state index < -0.39 is 0 Å². The lowest BCUT2D eigenvalue weighted by molar-refractivity contribution is 0.0888. The van der Waals surface area contributed by atoms with Crippen LogP contribution in [0.25, 0.3) is 0 Å². The molecule has 0 bridgehead atoms. The number of hydrogen-bond donors (Lipinski definition) is 2. The van der Waals surface area contributed by atoms with Gasteiger partial charge in [0, 0.05) is 36.7 Å². The number of guanidine groups is 1. The van der Waals surface area contributed by atoms with Crippen molar-refractivity contribution in [2.75, 3.05) is 39.5 Å².